The molecule has 0 fully saturated rings. The van der Waals surface area contributed by atoms with Crippen LogP contribution in [0.4, 0.5) is 0 Å². The van der Waals surface area contributed by atoms with Crippen LogP contribution in [0.15, 0.2) is 11.0 Å². The molecular formula is C6H13NS. The minimum absolute atomic E-state index is 0.706. The summed E-state index contributed by atoms with van der Waals surface area (Å²) in [6.45, 7) is 2.83. The first-order valence-corrected chi connectivity index (χ1v) is 4.04. The van der Waals surface area contributed by atoms with Gasteiger partial charge < -0.3 is 5.73 Å². The van der Waals surface area contributed by atoms with E-state index in [1.165, 1.54) is 5.57 Å². The zero-order valence-electron chi connectivity index (χ0n) is 5.48. The Morgan fingerprint density at radius 3 is 2.50 bits per heavy atom. The summed E-state index contributed by atoms with van der Waals surface area (Å²) in [5.74, 6) is 0. The highest BCUT2D eigenvalue weighted by atomic mass is 32.2. The van der Waals surface area contributed by atoms with Crippen LogP contribution in [0, 0.1) is 0 Å². The van der Waals surface area contributed by atoms with Gasteiger partial charge in [0, 0.05) is 6.54 Å². The molecule has 0 aliphatic heterocycles. The standard InChI is InChI=1S/C6H13NS/c1-3-6(4-7)5-8-2/h5H,3-4,7H2,1-2H3/b6-5-. The lowest BCUT2D eigenvalue weighted by molar-refractivity contribution is 1.01. The molecule has 0 rings (SSSR count). The van der Waals surface area contributed by atoms with E-state index >= 15 is 0 Å². The molecule has 0 atom stereocenters. The Morgan fingerprint density at radius 1 is 1.75 bits per heavy atom. The van der Waals surface area contributed by atoms with E-state index < -0.39 is 0 Å². The minimum Gasteiger partial charge on any atom is -0.327 e. The van der Waals surface area contributed by atoms with Gasteiger partial charge in [-0.2, -0.15) is 0 Å². The molecule has 0 spiro atoms. The average Bonchev–Trinajstić information content (AvgIpc) is 1.83. The smallest absolute Gasteiger partial charge is 0.0144 e. The fraction of sp³-hybridized carbons (Fsp3) is 0.667. The van der Waals surface area contributed by atoms with Gasteiger partial charge in [0.1, 0.15) is 0 Å². The van der Waals surface area contributed by atoms with Gasteiger partial charge in [-0.15, -0.1) is 11.8 Å². The van der Waals surface area contributed by atoms with Crippen molar-refractivity contribution in [3.05, 3.63) is 11.0 Å². The second kappa shape index (κ2) is 5.19. The predicted molar refractivity (Wildman–Crippen MR) is 40.9 cm³/mol. The fourth-order valence-electron chi connectivity index (χ4n) is 0.442. The molecule has 0 aliphatic rings. The molecule has 0 aliphatic carbocycles. The maximum absolute atomic E-state index is 5.39. The molecule has 0 heterocycles. The lowest BCUT2D eigenvalue weighted by Gasteiger charge is -1.95. The minimum atomic E-state index is 0.706. The molecule has 0 aromatic rings. The molecule has 1 nitrogen and oxygen atoms in total. The quantitative estimate of drug-likeness (QED) is 0.629. The first-order chi connectivity index (χ1) is 3.85. The van der Waals surface area contributed by atoms with Crippen LogP contribution in [-0.2, 0) is 0 Å². The summed E-state index contributed by atoms with van der Waals surface area (Å²) >= 11 is 1.72. The van der Waals surface area contributed by atoms with E-state index in [2.05, 4.69) is 12.3 Å². The van der Waals surface area contributed by atoms with Crippen LogP contribution in [-0.4, -0.2) is 12.8 Å². The molecule has 2 heteroatoms. The van der Waals surface area contributed by atoms with Gasteiger partial charge in [-0.3, -0.25) is 0 Å². The summed E-state index contributed by atoms with van der Waals surface area (Å²) in [5.41, 5.74) is 6.72. The molecule has 0 radical (unpaired) electrons. The molecular weight excluding hydrogens is 118 g/mol. The van der Waals surface area contributed by atoms with E-state index in [0.717, 1.165) is 6.42 Å². The van der Waals surface area contributed by atoms with E-state index in [0.29, 0.717) is 6.54 Å². The predicted octanol–water partition coefficient (Wildman–Crippen LogP) is 1.60. The summed E-state index contributed by atoms with van der Waals surface area (Å²) in [4.78, 5) is 0. The summed E-state index contributed by atoms with van der Waals surface area (Å²) in [7, 11) is 0. The van der Waals surface area contributed by atoms with E-state index in [1.54, 1.807) is 11.8 Å². The topological polar surface area (TPSA) is 26.0 Å². The molecule has 0 saturated heterocycles. The van der Waals surface area contributed by atoms with Crippen LogP contribution in [0.5, 0.6) is 0 Å². The monoisotopic (exact) mass is 131 g/mol. The summed E-state index contributed by atoms with van der Waals surface area (Å²) in [6, 6.07) is 0. The molecule has 0 aromatic carbocycles. The zero-order valence-corrected chi connectivity index (χ0v) is 6.29. The van der Waals surface area contributed by atoms with Crippen LogP contribution in [0.2, 0.25) is 0 Å². The molecule has 0 unspecified atom stereocenters. The maximum Gasteiger partial charge on any atom is 0.0144 e. The SMILES string of the molecule is CC/C(=C/SC)CN. The molecule has 0 bridgehead atoms. The molecule has 2 N–H and O–H groups in total. The third-order valence-corrected chi connectivity index (χ3v) is 1.57. The van der Waals surface area contributed by atoms with Crippen molar-refractivity contribution >= 4 is 11.8 Å². The molecule has 0 saturated carbocycles. The molecule has 48 valence electrons. The number of thioether (sulfide) groups is 1. The highest BCUT2D eigenvalue weighted by Crippen LogP contribution is 2.04. The largest absolute Gasteiger partial charge is 0.327 e. The normalized spacial score (nSPS) is 12.1. The van der Waals surface area contributed by atoms with Crippen molar-refractivity contribution in [1.29, 1.82) is 0 Å². The molecule has 8 heavy (non-hydrogen) atoms. The van der Waals surface area contributed by atoms with Crippen molar-refractivity contribution in [3.63, 3.8) is 0 Å². The van der Waals surface area contributed by atoms with E-state index in [9.17, 15) is 0 Å². The molecule has 0 aromatic heterocycles. The van der Waals surface area contributed by atoms with Crippen molar-refractivity contribution < 1.29 is 0 Å². The van der Waals surface area contributed by atoms with Crippen molar-refractivity contribution in [1.82, 2.24) is 0 Å². The van der Waals surface area contributed by atoms with Gasteiger partial charge >= 0.3 is 0 Å². The second-order valence-electron chi connectivity index (χ2n) is 1.57. The van der Waals surface area contributed by atoms with Crippen molar-refractivity contribution in [2.75, 3.05) is 12.8 Å². The van der Waals surface area contributed by atoms with Gasteiger partial charge in [-0.25, -0.2) is 0 Å². The Labute approximate surface area is 55.3 Å². The zero-order chi connectivity index (χ0) is 6.41. The number of nitrogens with two attached hydrogens (primary N) is 1. The summed E-state index contributed by atoms with van der Waals surface area (Å²) < 4.78 is 0. The third-order valence-electron chi connectivity index (χ3n) is 1.00. The van der Waals surface area contributed by atoms with Gasteiger partial charge in [0.25, 0.3) is 0 Å². The second-order valence-corrected chi connectivity index (χ2v) is 2.28. The van der Waals surface area contributed by atoms with Crippen LogP contribution in [0.1, 0.15) is 13.3 Å². The van der Waals surface area contributed by atoms with Crippen LogP contribution >= 0.6 is 11.8 Å². The summed E-state index contributed by atoms with van der Waals surface area (Å²) in [6.07, 6.45) is 3.13. The highest BCUT2D eigenvalue weighted by Gasteiger charge is 1.85. The maximum atomic E-state index is 5.39. The number of hydrogen-bond donors (Lipinski definition) is 1. The Balaban J connectivity index is 3.49. The Bertz CT molecular complexity index is 72.6. The summed E-state index contributed by atoms with van der Waals surface area (Å²) in [5, 5.41) is 2.11. The van der Waals surface area contributed by atoms with Crippen LogP contribution in [0.25, 0.3) is 0 Å². The lowest BCUT2D eigenvalue weighted by Crippen LogP contribution is -2.00. The van der Waals surface area contributed by atoms with Crippen molar-refractivity contribution in [2.45, 2.75) is 13.3 Å². The van der Waals surface area contributed by atoms with Gasteiger partial charge in [0.2, 0.25) is 0 Å². The van der Waals surface area contributed by atoms with Crippen LogP contribution in [0.3, 0.4) is 0 Å². The number of hydrogen-bond acceptors (Lipinski definition) is 2. The first-order valence-electron chi connectivity index (χ1n) is 2.76. The third kappa shape index (κ3) is 3.10. The number of rotatable bonds is 3. The first kappa shape index (κ1) is 8.05. The van der Waals surface area contributed by atoms with Crippen LogP contribution < -0.4 is 5.73 Å². The van der Waals surface area contributed by atoms with Gasteiger partial charge in [0.05, 0.1) is 0 Å². The van der Waals surface area contributed by atoms with E-state index in [1.807, 2.05) is 6.26 Å². The fourth-order valence-corrected chi connectivity index (χ4v) is 1.04. The Morgan fingerprint density at radius 2 is 2.38 bits per heavy atom. The van der Waals surface area contributed by atoms with Gasteiger partial charge in [0.15, 0.2) is 0 Å². The van der Waals surface area contributed by atoms with E-state index in [4.69, 9.17) is 5.73 Å². The van der Waals surface area contributed by atoms with Crippen molar-refractivity contribution in [2.24, 2.45) is 5.73 Å². The Hall–Kier alpha value is 0.0500. The lowest BCUT2D eigenvalue weighted by atomic mass is 10.2. The van der Waals surface area contributed by atoms with Gasteiger partial charge in [-0.05, 0) is 18.1 Å². The highest BCUT2D eigenvalue weighted by molar-refractivity contribution is 8.01. The van der Waals surface area contributed by atoms with Crippen molar-refractivity contribution in [3.8, 4) is 0 Å². The Kier molecular flexibility index (Phi) is 5.22. The average molecular weight is 131 g/mol. The van der Waals surface area contributed by atoms with Gasteiger partial charge in [-0.1, -0.05) is 12.5 Å². The molecule has 0 amide bonds. The van der Waals surface area contributed by atoms with E-state index in [-0.39, 0.29) is 0 Å².